The van der Waals surface area contributed by atoms with Gasteiger partial charge in [-0.2, -0.15) is 0 Å². The van der Waals surface area contributed by atoms with Gasteiger partial charge in [-0.1, -0.05) is 18.2 Å². The third-order valence-corrected chi connectivity index (χ3v) is 4.40. The van der Waals surface area contributed by atoms with Crippen molar-refractivity contribution in [1.29, 1.82) is 0 Å². The van der Waals surface area contributed by atoms with Crippen molar-refractivity contribution >= 4 is 23.6 Å². The molecule has 1 aromatic heterocycles. The Bertz CT molecular complexity index is 791. The summed E-state index contributed by atoms with van der Waals surface area (Å²) >= 11 is 0. The van der Waals surface area contributed by atoms with Gasteiger partial charge in [-0.25, -0.2) is 14.8 Å². The number of aromatic nitrogens is 2. The van der Waals surface area contributed by atoms with Gasteiger partial charge in [0.25, 0.3) is 5.91 Å². The molecule has 1 aliphatic rings. The molecule has 0 bridgehead atoms. The Balaban J connectivity index is 1.67. The lowest BCUT2D eigenvalue weighted by atomic mass is 10.2. The lowest BCUT2D eigenvalue weighted by Crippen LogP contribution is -2.50. The molecule has 8 nitrogen and oxygen atoms in total. The second-order valence-electron chi connectivity index (χ2n) is 6.11. The molecule has 0 N–H and O–H groups in total. The van der Waals surface area contributed by atoms with E-state index >= 15 is 0 Å². The van der Waals surface area contributed by atoms with Crippen LogP contribution < -0.4 is 4.90 Å². The van der Waals surface area contributed by atoms with Gasteiger partial charge in [-0.3, -0.25) is 4.79 Å². The minimum absolute atomic E-state index is 0.163. The van der Waals surface area contributed by atoms with Crippen LogP contribution in [-0.4, -0.2) is 71.6 Å². The number of carbonyl (C=O) groups is 2. The van der Waals surface area contributed by atoms with Crippen molar-refractivity contribution in [3.05, 3.63) is 48.3 Å². The molecular weight excluding hydrogens is 346 g/mol. The molecule has 1 aliphatic heterocycles. The highest BCUT2D eigenvalue weighted by Crippen LogP contribution is 2.19. The summed E-state index contributed by atoms with van der Waals surface area (Å²) in [7, 11) is 1.86. The maximum absolute atomic E-state index is 12.8. The van der Waals surface area contributed by atoms with E-state index in [4.69, 9.17) is 4.74 Å². The SMILES string of the molecule is CCOC(=O)N1CCN(C(=O)c2ccnc(N(C)c3ccccc3)n2)CC1. The first kappa shape index (κ1) is 18.6. The van der Waals surface area contributed by atoms with Crippen molar-refractivity contribution in [1.82, 2.24) is 19.8 Å². The van der Waals surface area contributed by atoms with E-state index < -0.39 is 0 Å². The largest absolute Gasteiger partial charge is 0.450 e. The zero-order chi connectivity index (χ0) is 19.2. The second-order valence-corrected chi connectivity index (χ2v) is 6.11. The number of anilines is 2. The maximum atomic E-state index is 12.8. The molecule has 27 heavy (non-hydrogen) atoms. The molecule has 0 spiro atoms. The van der Waals surface area contributed by atoms with Crippen LogP contribution in [0.1, 0.15) is 17.4 Å². The van der Waals surface area contributed by atoms with Crippen LogP contribution in [0.3, 0.4) is 0 Å². The van der Waals surface area contributed by atoms with Gasteiger partial charge in [0.2, 0.25) is 5.95 Å². The van der Waals surface area contributed by atoms with Crippen LogP contribution in [0, 0.1) is 0 Å². The van der Waals surface area contributed by atoms with Crippen LogP contribution in [0.15, 0.2) is 42.6 Å². The molecule has 0 atom stereocenters. The first-order valence-electron chi connectivity index (χ1n) is 8.93. The number of benzene rings is 1. The Morgan fingerprint density at radius 3 is 2.41 bits per heavy atom. The molecule has 2 aromatic rings. The number of ether oxygens (including phenoxy) is 1. The van der Waals surface area contributed by atoms with E-state index in [2.05, 4.69) is 9.97 Å². The molecule has 1 saturated heterocycles. The third-order valence-electron chi connectivity index (χ3n) is 4.40. The molecule has 0 saturated carbocycles. The summed E-state index contributed by atoms with van der Waals surface area (Å²) in [4.78, 5) is 38.4. The van der Waals surface area contributed by atoms with E-state index in [1.165, 1.54) is 0 Å². The average Bonchev–Trinajstić information content (AvgIpc) is 2.73. The zero-order valence-corrected chi connectivity index (χ0v) is 15.5. The molecule has 3 rings (SSSR count). The zero-order valence-electron chi connectivity index (χ0n) is 15.5. The molecule has 0 radical (unpaired) electrons. The third kappa shape index (κ3) is 4.33. The van der Waals surface area contributed by atoms with E-state index in [0.29, 0.717) is 44.4 Å². The van der Waals surface area contributed by atoms with Crippen molar-refractivity contribution < 1.29 is 14.3 Å². The van der Waals surface area contributed by atoms with Crippen LogP contribution in [0.5, 0.6) is 0 Å². The molecule has 2 amide bonds. The summed E-state index contributed by atoms with van der Waals surface area (Å²) < 4.78 is 5.00. The highest BCUT2D eigenvalue weighted by atomic mass is 16.6. The van der Waals surface area contributed by atoms with E-state index in [1.54, 1.807) is 29.0 Å². The fourth-order valence-corrected chi connectivity index (χ4v) is 2.87. The Hall–Kier alpha value is -3.16. The van der Waals surface area contributed by atoms with Crippen molar-refractivity contribution in [2.24, 2.45) is 0 Å². The number of piperazine rings is 1. The minimum atomic E-state index is -0.335. The summed E-state index contributed by atoms with van der Waals surface area (Å²) in [6.07, 6.45) is 1.25. The quantitative estimate of drug-likeness (QED) is 0.822. The van der Waals surface area contributed by atoms with E-state index in [-0.39, 0.29) is 12.0 Å². The molecule has 1 fully saturated rings. The van der Waals surface area contributed by atoms with Crippen molar-refractivity contribution in [2.75, 3.05) is 44.7 Å². The summed E-state index contributed by atoms with van der Waals surface area (Å²) in [5, 5.41) is 0. The van der Waals surface area contributed by atoms with Gasteiger partial charge in [0.05, 0.1) is 6.61 Å². The van der Waals surface area contributed by atoms with Crippen LogP contribution in [0.25, 0.3) is 0 Å². The van der Waals surface area contributed by atoms with Gasteiger partial charge in [0.1, 0.15) is 5.69 Å². The molecule has 142 valence electrons. The predicted octanol–water partition coefficient (Wildman–Crippen LogP) is 2.16. The van der Waals surface area contributed by atoms with Gasteiger partial charge in [0, 0.05) is 45.1 Å². The summed E-state index contributed by atoms with van der Waals surface area (Å²) in [5.74, 6) is 0.292. The summed E-state index contributed by atoms with van der Waals surface area (Å²) in [6.45, 7) is 3.92. The fourth-order valence-electron chi connectivity index (χ4n) is 2.87. The Labute approximate surface area is 158 Å². The Morgan fingerprint density at radius 1 is 1.07 bits per heavy atom. The number of hydrogen-bond donors (Lipinski definition) is 0. The molecule has 2 heterocycles. The first-order valence-corrected chi connectivity index (χ1v) is 8.93. The average molecular weight is 369 g/mol. The van der Waals surface area contributed by atoms with Gasteiger partial charge in [0.15, 0.2) is 0 Å². The number of nitrogens with zero attached hydrogens (tertiary/aromatic N) is 5. The van der Waals surface area contributed by atoms with Gasteiger partial charge in [-0.15, -0.1) is 0 Å². The van der Waals surface area contributed by atoms with E-state index in [9.17, 15) is 9.59 Å². The normalized spacial score (nSPS) is 14.0. The number of rotatable bonds is 4. The van der Waals surface area contributed by atoms with E-state index in [1.807, 2.05) is 42.3 Å². The fraction of sp³-hybridized carbons (Fsp3) is 0.368. The van der Waals surface area contributed by atoms with Crippen LogP contribution in [-0.2, 0) is 4.74 Å². The minimum Gasteiger partial charge on any atom is -0.450 e. The van der Waals surface area contributed by atoms with Gasteiger partial charge in [-0.05, 0) is 25.1 Å². The second kappa shape index (κ2) is 8.48. The van der Waals surface area contributed by atoms with Crippen LogP contribution in [0.4, 0.5) is 16.4 Å². The molecular formula is C19H23N5O3. The highest BCUT2D eigenvalue weighted by molar-refractivity contribution is 5.92. The number of carbonyl (C=O) groups excluding carboxylic acids is 2. The lowest BCUT2D eigenvalue weighted by Gasteiger charge is -2.33. The van der Waals surface area contributed by atoms with E-state index in [0.717, 1.165) is 5.69 Å². The Kier molecular flexibility index (Phi) is 5.85. The first-order chi connectivity index (χ1) is 13.1. The molecule has 0 unspecified atom stereocenters. The molecule has 0 aliphatic carbocycles. The lowest BCUT2D eigenvalue weighted by molar-refractivity contribution is 0.0566. The topological polar surface area (TPSA) is 78.9 Å². The number of amides is 2. The van der Waals surface area contributed by atoms with Gasteiger partial charge < -0.3 is 19.4 Å². The molecule has 8 heteroatoms. The van der Waals surface area contributed by atoms with Crippen LogP contribution in [0.2, 0.25) is 0 Å². The predicted molar refractivity (Wildman–Crippen MR) is 101 cm³/mol. The monoisotopic (exact) mass is 369 g/mol. The summed E-state index contributed by atoms with van der Waals surface area (Å²) in [6, 6.07) is 11.3. The standard InChI is InChI=1S/C19H23N5O3/c1-3-27-19(26)24-13-11-23(12-14-24)17(25)16-9-10-20-18(21-16)22(2)15-7-5-4-6-8-15/h4-10H,3,11-14H2,1-2H3. The smallest absolute Gasteiger partial charge is 0.409 e. The number of para-hydroxylation sites is 1. The van der Waals surface area contributed by atoms with Crippen molar-refractivity contribution in [3.63, 3.8) is 0 Å². The maximum Gasteiger partial charge on any atom is 0.409 e. The van der Waals surface area contributed by atoms with Gasteiger partial charge >= 0.3 is 6.09 Å². The molecule has 1 aromatic carbocycles. The highest BCUT2D eigenvalue weighted by Gasteiger charge is 2.26. The van der Waals surface area contributed by atoms with Crippen LogP contribution >= 0.6 is 0 Å². The number of hydrogen-bond acceptors (Lipinski definition) is 6. The summed E-state index contributed by atoms with van der Waals surface area (Å²) in [5.41, 5.74) is 1.28. The van der Waals surface area contributed by atoms with Crippen molar-refractivity contribution in [3.8, 4) is 0 Å². The Morgan fingerprint density at radius 2 is 1.74 bits per heavy atom. The van der Waals surface area contributed by atoms with Crippen molar-refractivity contribution in [2.45, 2.75) is 6.92 Å².